The minimum atomic E-state index is -0.752. The van der Waals surface area contributed by atoms with Crippen molar-refractivity contribution >= 4 is 34.8 Å². The smallest absolute Gasteiger partial charge is 0.258 e. The number of carbonyl (C=O) groups excluding carboxylic acids is 1. The number of nitrogens with one attached hydrogen (secondary N) is 1. The van der Waals surface area contributed by atoms with Gasteiger partial charge in [0.15, 0.2) is 11.5 Å². The van der Waals surface area contributed by atoms with Gasteiger partial charge in [0.1, 0.15) is 11.9 Å². The largest absolute Gasteiger partial charge is 0.493 e. The summed E-state index contributed by atoms with van der Waals surface area (Å²) in [5, 5.41) is 2.80. The van der Waals surface area contributed by atoms with Crippen molar-refractivity contribution < 1.29 is 18.7 Å². The highest BCUT2D eigenvalue weighted by atomic mass is 35.5. The molecule has 1 aromatic carbocycles. The first kappa shape index (κ1) is 18.5. The molecule has 0 saturated heterocycles. The molecule has 3 rings (SSSR count). The molecule has 1 heterocycles. The molecule has 0 atom stereocenters. The summed E-state index contributed by atoms with van der Waals surface area (Å²) in [6.45, 7) is 0. The highest BCUT2D eigenvalue weighted by Gasteiger charge is 2.21. The van der Waals surface area contributed by atoms with Crippen molar-refractivity contribution in [3.8, 4) is 11.5 Å². The number of halogens is 3. The van der Waals surface area contributed by atoms with Crippen LogP contribution in [0.1, 0.15) is 23.2 Å². The normalized spacial score (nSPS) is 13.7. The summed E-state index contributed by atoms with van der Waals surface area (Å²) in [6.07, 6.45) is 8.07. The lowest BCUT2D eigenvalue weighted by Crippen LogP contribution is -2.17. The van der Waals surface area contributed by atoms with Gasteiger partial charge < -0.3 is 14.8 Å². The van der Waals surface area contributed by atoms with Gasteiger partial charge in [-0.3, -0.25) is 9.78 Å². The standard InChI is InChI=1S/C18H15Cl2FN2O3/c1-25-15-7-14(21)11(6-16(15)26-10-4-2-3-5-10)18(24)23-17-12(19)8-22-9-13(17)20/h2-3,6-10H,4-5H2,1H3,(H,22,23,24). The Kier molecular flexibility index (Phi) is 5.64. The van der Waals surface area contributed by atoms with Crippen LogP contribution >= 0.6 is 23.2 Å². The third-order valence-electron chi connectivity index (χ3n) is 3.85. The van der Waals surface area contributed by atoms with E-state index in [1.807, 2.05) is 12.2 Å². The minimum absolute atomic E-state index is 0.0747. The molecule has 0 fully saturated rings. The first-order chi connectivity index (χ1) is 12.5. The van der Waals surface area contributed by atoms with Gasteiger partial charge >= 0.3 is 0 Å². The van der Waals surface area contributed by atoms with Gasteiger partial charge in [0.25, 0.3) is 5.91 Å². The zero-order valence-electron chi connectivity index (χ0n) is 13.8. The van der Waals surface area contributed by atoms with Crippen molar-refractivity contribution in [3.63, 3.8) is 0 Å². The van der Waals surface area contributed by atoms with Gasteiger partial charge in [-0.15, -0.1) is 0 Å². The maximum absolute atomic E-state index is 14.4. The second kappa shape index (κ2) is 7.93. The van der Waals surface area contributed by atoms with Crippen LogP contribution in [0.5, 0.6) is 11.5 Å². The second-order valence-corrected chi connectivity index (χ2v) is 6.41. The molecule has 1 N–H and O–H groups in total. The summed E-state index contributed by atoms with van der Waals surface area (Å²) < 4.78 is 25.4. The lowest BCUT2D eigenvalue weighted by molar-refractivity contribution is 0.102. The van der Waals surface area contributed by atoms with Crippen LogP contribution in [0, 0.1) is 5.82 Å². The van der Waals surface area contributed by atoms with Gasteiger partial charge in [-0.25, -0.2) is 4.39 Å². The lowest BCUT2D eigenvalue weighted by Gasteiger charge is -2.17. The monoisotopic (exact) mass is 396 g/mol. The Labute approximate surface area is 159 Å². The number of anilines is 1. The fourth-order valence-electron chi connectivity index (χ4n) is 2.54. The molecule has 0 radical (unpaired) electrons. The van der Waals surface area contributed by atoms with Crippen LogP contribution in [0.25, 0.3) is 0 Å². The third-order valence-corrected chi connectivity index (χ3v) is 4.42. The van der Waals surface area contributed by atoms with Gasteiger partial charge in [0, 0.05) is 31.3 Å². The van der Waals surface area contributed by atoms with E-state index in [2.05, 4.69) is 10.3 Å². The molecule has 5 nitrogen and oxygen atoms in total. The summed E-state index contributed by atoms with van der Waals surface area (Å²) in [7, 11) is 1.41. The number of aromatic nitrogens is 1. The molecule has 0 bridgehead atoms. The Morgan fingerprint density at radius 3 is 2.46 bits per heavy atom. The molecule has 26 heavy (non-hydrogen) atoms. The van der Waals surface area contributed by atoms with Crippen molar-refractivity contribution in [2.45, 2.75) is 18.9 Å². The topological polar surface area (TPSA) is 60.5 Å². The number of nitrogens with zero attached hydrogens (tertiary/aromatic N) is 1. The van der Waals surface area contributed by atoms with Gasteiger partial charge in [-0.2, -0.15) is 0 Å². The summed E-state index contributed by atoms with van der Waals surface area (Å²) >= 11 is 12.0. The van der Waals surface area contributed by atoms with Crippen molar-refractivity contribution in [2.24, 2.45) is 0 Å². The van der Waals surface area contributed by atoms with Crippen LogP contribution in [0.2, 0.25) is 10.0 Å². The van der Waals surface area contributed by atoms with Crippen molar-refractivity contribution in [1.29, 1.82) is 0 Å². The number of methoxy groups -OCH3 is 1. The highest BCUT2D eigenvalue weighted by Crippen LogP contribution is 2.34. The quantitative estimate of drug-likeness (QED) is 0.731. The molecule has 8 heteroatoms. The molecule has 0 unspecified atom stereocenters. The lowest BCUT2D eigenvalue weighted by atomic mass is 10.1. The average Bonchev–Trinajstić information content (AvgIpc) is 3.12. The molecule has 0 saturated carbocycles. The van der Waals surface area contributed by atoms with Crippen molar-refractivity contribution in [1.82, 2.24) is 4.98 Å². The number of benzene rings is 1. The Morgan fingerprint density at radius 2 is 1.85 bits per heavy atom. The Morgan fingerprint density at radius 1 is 1.19 bits per heavy atom. The molecule has 1 aliphatic carbocycles. The summed E-state index contributed by atoms with van der Waals surface area (Å²) in [4.78, 5) is 16.3. The SMILES string of the molecule is COc1cc(F)c(C(=O)Nc2c(Cl)cncc2Cl)cc1OC1CC=CC1. The number of hydrogen-bond donors (Lipinski definition) is 1. The van der Waals surface area contributed by atoms with Crippen LogP contribution in [-0.4, -0.2) is 24.1 Å². The molecular weight excluding hydrogens is 382 g/mol. The average molecular weight is 397 g/mol. The number of pyridine rings is 1. The van der Waals surface area contributed by atoms with Gasteiger partial charge in [0.05, 0.1) is 28.4 Å². The fourth-order valence-corrected chi connectivity index (χ4v) is 3.00. The fraction of sp³-hybridized carbons (Fsp3) is 0.222. The van der Waals surface area contributed by atoms with E-state index in [0.29, 0.717) is 5.75 Å². The van der Waals surface area contributed by atoms with E-state index in [1.165, 1.54) is 25.6 Å². The Balaban J connectivity index is 1.89. The number of amides is 1. The Bertz CT molecular complexity index is 846. The number of ether oxygens (including phenoxy) is 2. The Hall–Kier alpha value is -2.31. The predicted molar refractivity (Wildman–Crippen MR) is 98.0 cm³/mol. The van der Waals surface area contributed by atoms with Gasteiger partial charge in [-0.05, 0) is 6.07 Å². The van der Waals surface area contributed by atoms with Crippen molar-refractivity contribution in [2.75, 3.05) is 12.4 Å². The third kappa shape index (κ3) is 3.92. The van der Waals surface area contributed by atoms with E-state index < -0.39 is 11.7 Å². The predicted octanol–water partition coefficient (Wildman–Crippen LogP) is 4.89. The zero-order chi connectivity index (χ0) is 18.7. The van der Waals surface area contributed by atoms with Crippen LogP contribution in [0.4, 0.5) is 10.1 Å². The molecule has 136 valence electrons. The molecule has 1 aromatic heterocycles. The van der Waals surface area contributed by atoms with E-state index in [9.17, 15) is 9.18 Å². The summed E-state index contributed by atoms with van der Waals surface area (Å²) in [5.41, 5.74) is -0.0540. The van der Waals surface area contributed by atoms with E-state index in [4.69, 9.17) is 32.7 Å². The molecular formula is C18H15Cl2FN2O3. The second-order valence-electron chi connectivity index (χ2n) is 5.60. The maximum Gasteiger partial charge on any atom is 0.258 e. The molecule has 1 amide bonds. The first-order valence-corrected chi connectivity index (χ1v) is 8.54. The van der Waals surface area contributed by atoms with Crippen LogP contribution in [0.3, 0.4) is 0 Å². The molecule has 0 spiro atoms. The molecule has 2 aromatic rings. The number of rotatable bonds is 5. The van der Waals surface area contributed by atoms with Crippen LogP contribution in [0.15, 0.2) is 36.7 Å². The number of carbonyl (C=O) groups is 1. The van der Waals surface area contributed by atoms with Gasteiger partial charge in [-0.1, -0.05) is 35.4 Å². The van der Waals surface area contributed by atoms with E-state index in [1.54, 1.807) is 0 Å². The summed E-state index contributed by atoms with van der Waals surface area (Å²) in [6, 6.07) is 2.42. The van der Waals surface area contributed by atoms with Crippen molar-refractivity contribution in [3.05, 3.63) is 58.1 Å². The zero-order valence-corrected chi connectivity index (χ0v) is 15.3. The van der Waals surface area contributed by atoms with E-state index in [-0.39, 0.29) is 33.1 Å². The van der Waals surface area contributed by atoms with Gasteiger partial charge in [0.2, 0.25) is 0 Å². The summed E-state index contributed by atoms with van der Waals surface area (Å²) in [5.74, 6) is -0.960. The number of hydrogen-bond acceptors (Lipinski definition) is 4. The van der Waals surface area contributed by atoms with E-state index >= 15 is 0 Å². The maximum atomic E-state index is 14.4. The van der Waals surface area contributed by atoms with E-state index in [0.717, 1.165) is 18.9 Å². The first-order valence-electron chi connectivity index (χ1n) is 7.79. The molecule has 0 aliphatic heterocycles. The highest BCUT2D eigenvalue weighted by molar-refractivity contribution is 6.39. The molecule has 1 aliphatic rings. The van der Waals surface area contributed by atoms with Crippen LogP contribution in [-0.2, 0) is 0 Å². The minimum Gasteiger partial charge on any atom is -0.493 e. The van der Waals surface area contributed by atoms with Crippen LogP contribution < -0.4 is 14.8 Å².